The molecule has 10 heteroatoms. The Kier molecular flexibility index (Phi) is 8.05. The Balaban J connectivity index is 2.13. The van der Waals surface area contributed by atoms with Crippen molar-refractivity contribution in [3.05, 3.63) is 36.4 Å². The van der Waals surface area contributed by atoms with Gasteiger partial charge in [-0.1, -0.05) is 11.8 Å². The number of anilines is 1. The molecule has 0 aliphatic carbocycles. The molecule has 3 rings (SSSR count). The smallest absolute Gasteiger partial charge is 0.316 e. The third kappa shape index (κ3) is 5.33. The van der Waals surface area contributed by atoms with Crippen molar-refractivity contribution in [2.75, 3.05) is 52.7 Å². The fourth-order valence-electron chi connectivity index (χ4n) is 3.22. The van der Waals surface area contributed by atoms with Gasteiger partial charge in [-0.25, -0.2) is 0 Å². The van der Waals surface area contributed by atoms with Gasteiger partial charge in [-0.05, 0) is 43.3 Å². The number of aromatic nitrogens is 3. The van der Waals surface area contributed by atoms with Crippen molar-refractivity contribution >= 4 is 23.4 Å². The Morgan fingerprint density at radius 2 is 1.64 bits per heavy atom. The van der Waals surface area contributed by atoms with E-state index < -0.39 is 0 Å². The molecular formula is C23H28N4O5S. The lowest BCUT2D eigenvalue weighted by Crippen LogP contribution is -2.09. The Morgan fingerprint density at radius 1 is 1.00 bits per heavy atom. The highest BCUT2D eigenvalue weighted by molar-refractivity contribution is 7.99. The van der Waals surface area contributed by atoms with Crippen molar-refractivity contribution < 1.29 is 23.7 Å². The van der Waals surface area contributed by atoms with Crippen molar-refractivity contribution in [2.45, 2.75) is 12.1 Å². The number of hydrogen-bond acceptors (Lipinski definition) is 9. The normalized spacial score (nSPS) is 10.6. The predicted molar refractivity (Wildman–Crippen MR) is 128 cm³/mol. The number of esters is 1. The highest BCUT2D eigenvalue weighted by Crippen LogP contribution is 2.41. The maximum atomic E-state index is 11.9. The van der Waals surface area contributed by atoms with Crippen LogP contribution in [-0.4, -0.2) is 68.5 Å². The molecule has 0 saturated carbocycles. The largest absolute Gasteiger partial charge is 0.493 e. The first-order valence-electron chi connectivity index (χ1n) is 10.2. The van der Waals surface area contributed by atoms with Crippen LogP contribution in [0.15, 0.2) is 41.6 Å². The minimum atomic E-state index is -0.311. The van der Waals surface area contributed by atoms with E-state index in [9.17, 15) is 4.79 Å². The second kappa shape index (κ2) is 11.0. The number of hydrogen-bond donors (Lipinski definition) is 0. The van der Waals surface area contributed by atoms with Crippen LogP contribution in [0, 0.1) is 0 Å². The molecule has 0 N–H and O–H groups in total. The maximum absolute atomic E-state index is 11.9. The van der Waals surface area contributed by atoms with Gasteiger partial charge in [0.25, 0.3) is 0 Å². The molecule has 176 valence electrons. The van der Waals surface area contributed by atoms with Crippen LogP contribution >= 0.6 is 11.8 Å². The van der Waals surface area contributed by atoms with Crippen LogP contribution in [0.4, 0.5) is 5.69 Å². The number of ether oxygens (including phenoxy) is 4. The molecule has 9 nitrogen and oxygen atoms in total. The minimum Gasteiger partial charge on any atom is -0.493 e. The third-order valence-corrected chi connectivity index (χ3v) is 5.71. The molecular weight excluding hydrogens is 444 g/mol. The van der Waals surface area contributed by atoms with Gasteiger partial charge in [-0.15, -0.1) is 10.2 Å². The zero-order valence-electron chi connectivity index (χ0n) is 19.6. The quantitative estimate of drug-likeness (QED) is 0.324. The first-order chi connectivity index (χ1) is 15.9. The fraction of sp³-hybridized carbons (Fsp3) is 0.348. The molecule has 0 aliphatic rings. The van der Waals surface area contributed by atoms with Crippen LogP contribution in [0.3, 0.4) is 0 Å². The van der Waals surface area contributed by atoms with Gasteiger partial charge in [0.1, 0.15) is 0 Å². The topological polar surface area (TPSA) is 87.9 Å². The zero-order valence-corrected chi connectivity index (χ0v) is 20.4. The van der Waals surface area contributed by atoms with Gasteiger partial charge >= 0.3 is 5.97 Å². The maximum Gasteiger partial charge on any atom is 0.316 e. The molecule has 0 saturated heterocycles. The van der Waals surface area contributed by atoms with Gasteiger partial charge in [-0.3, -0.25) is 9.36 Å². The SMILES string of the molecule is CCOC(=O)CSc1nnc(-c2cc(OC)c(OC)c(OC)c2)n1-c1ccc(N(C)C)cc1. The molecule has 0 bridgehead atoms. The van der Waals surface area contributed by atoms with E-state index >= 15 is 0 Å². The van der Waals surface area contributed by atoms with Gasteiger partial charge in [0, 0.05) is 31.0 Å². The van der Waals surface area contributed by atoms with Gasteiger partial charge in [0.15, 0.2) is 22.5 Å². The molecule has 3 aromatic rings. The molecule has 1 aromatic heterocycles. The van der Waals surface area contributed by atoms with E-state index in [1.165, 1.54) is 11.8 Å². The van der Waals surface area contributed by atoms with Crippen molar-refractivity contribution in [1.82, 2.24) is 14.8 Å². The van der Waals surface area contributed by atoms with Crippen molar-refractivity contribution in [3.63, 3.8) is 0 Å². The minimum absolute atomic E-state index is 0.122. The molecule has 33 heavy (non-hydrogen) atoms. The van der Waals surface area contributed by atoms with Gasteiger partial charge in [-0.2, -0.15) is 0 Å². The van der Waals surface area contributed by atoms with E-state index in [-0.39, 0.29) is 11.7 Å². The highest BCUT2D eigenvalue weighted by atomic mass is 32.2. The average Bonchev–Trinajstić information content (AvgIpc) is 3.25. The molecule has 0 radical (unpaired) electrons. The average molecular weight is 473 g/mol. The van der Waals surface area contributed by atoms with E-state index in [1.807, 2.05) is 60.0 Å². The lowest BCUT2D eigenvalue weighted by atomic mass is 10.1. The lowest BCUT2D eigenvalue weighted by Gasteiger charge is -2.16. The summed E-state index contributed by atoms with van der Waals surface area (Å²) < 4.78 is 23.4. The van der Waals surface area contributed by atoms with Crippen molar-refractivity contribution in [2.24, 2.45) is 0 Å². The summed E-state index contributed by atoms with van der Waals surface area (Å²) in [5, 5.41) is 9.34. The molecule has 1 heterocycles. The molecule has 0 atom stereocenters. The number of benzene rings is 2. The summed E-state index contributed by atoms with van der Waals surface area (Å²) in [7, 11) is 8.64. The number of nitrogens with zero attached hydrogens (tertiary/aromatic N) is 4. The first-order valence-corrected chi connectivity index (χ1v) is 11.2. The van der Waals surface area contributed by atoms with E-state index in [0.717, 1.165) is 16.9 Å². The van der Waals surface area contributed by atoms with Crippen LogP contribution in [0.25, 0.3) is 17.1 Å². The Hall–Kier alpha value is -3.40. The van der Waals surface area contributed by atoms with Gasteiger partial charge < -0.3 is 23.8 Å². The second-order valence-corrected chi connectivity index (χ2v) is 8.00. The summed E-state index contributed by atoms with van der Waals surface area (Å²) in [6.07, 6.45) is 0. The van der Waals surface area contributed by atoms with E-state index in [1.54, 1.807) is 28.3 Å². The predicted octanol–water partition coefficient (Wildman–Crippen LogP) is 3.68. The van der Waals surface area contributed by atoms with Crippen molar-refractivity contribution in [3.8, 4) is 34.3 Å². The fourth-order valence-corrected chi connectivity index (χ4v) is 3.97. The molecule has 0 aliphatic heterocycles. The molecule has 0 unspecified atom stereocenters. The number of methoxy groups -OCH3 is 3. The summed E-state index contributed by atoms with van der Waals surface area (Å²) in [6, 6.07) is 11.6. The van der Waals surface area contributed by atoms with Crippen LogP contribution < -0.4 is 19.1 Å². The van der Waals surface area contributed by atoms with E-state index in [4.69, 9.17) is 18.9 Å². The third-order valence-electron chi connectivity index (χ3n) is 4.81. The summed E-state index contributed by atoms with van der Waals surface area (Å²) in [6.45, 7) is 2.11. The highest BCUT2D eigenvalue weighted by Gasteiger charge is 2.21. The van der Waals surface area contributed by atoms with Crippen LogP contribution in [0.1, 0.15) is 6.92 Å². The number of carbonyl (C=O) groups excluding carboxylic acids is 1. The van der Waals surface area contributed by atoms with Crippen LogP contribution in [0.5, 0.6) is 17.2 Å². The Bertz CT molecular complexity index is 1070. The Morgan fingerprint density at radius 3 is 2.15 bits per heavy atom. The summed E-state index contributed by atoms with van der Waals surface area (Å²) in [4.78, 5) is 14.0. The van der Waals surface area contributed by atoms with E-state index in [2.05, 4.69) is 10.2 Å². The standard InChI is InChI=1S/C23H28N4O5S/c1-7-32-20(28)14-33-23-25-24-22(27(23)17-10-8-16(9-11-17)26(2)3)15-12-18(29-4)21(31-6)19(13-15)30-5/h8-13H,7,14H2,1-6H3. The second-order valence-electron chi connectivity index (χ2n) is 7.06. The van der Waals surface area contributed by atoms with Crippen LogP contribution in [-0.2, 0) is 9.53 Å². The zero-order chi connectivity index (χ0) is 24.0. The Labute approximate surface area is 197 Å². The summed E-state index contributed by atoms with van der Waals surface area (Å²) in [5.74, 6) is 1.88. The molecule has 0 fully saturated rings. The van der Waals surface area contributed by atoms with Crippen LogP contribution in [0.2, 0.25) is 0 Å². The monoisotopic (exact) mass is 472 g/mol. The molecule has 0 amide bonds. The number of thioether (sulfide) groups is 1. The van der Waals surface area contributed by atoms with Crippen molar-refractivity contribution in [1.29, 1.82) is 0 Å². The summed E-state index contributed by atoms with van der Waals surface area (Å²) in [5.41, 5.74) is 2.62. The number of carbonyl (C=O) groups is 1. The number of rotatable bonds is 10. The molecule has 0 spiro atoms. The lowest BCUT2D eigenvalue weighted by molar-refractivity contribution is -0.139. The first kappa shape index (κ1) is 24.2. The molecule has 2 aromatic carbocycles. The van der Waals surface area contributed by atoms with Gasteiger partial charge in [0.05, 0.1) is 33.7 Å². The van der Waals surface area contributed by atoms with E-state index in [0.29, 0.717) is 34.8 Å². The van der Waals surface area contributed by atoms with Gasteiger partial charge in [0.2, 0.25) is 5.75 Å². The summed E-state index contributed by atoms with van der Waals surface area (Å²) >= 11 is 1.26.